The first-order valence-corrected chi connectivity index (χ1v) is 12.1. The second-order valence-electron chi connectivity index (χ2n) is 6.95. The normalized spacial score (nSPS) is 15.4. The maximum Gasteiger partial charge on any atom is 0.350 e. The SMILES string of the molecule is CCOC(=O)c1sc(NC(=O)c2ccc(S(=O)(=O)N3CCCCCC3)cc2)nc1C. The van der Waals surface area contributed by atoms with Gasteiger partial charge in [-0.25, -0.2) is 18.2 Å². The number of carbonyl (C=O) groups is 2. The van der Waals surface area contributed by atoms with Gasteiger partial charge in [-0.3, -0.25) is 10.1 Å². The molecule has 2 aromatic rings. The third kappa shape index (κ3) is 5.05. The van der Waals surface area contributed by atoms with E-state index >= 15 is 0 Å². The topological polar surface area (TPSA) is 106 Å². The van der Waals surface area contributed by atoms with Gasteiger partial charge in [0.25, 0.3) is 5.91 Å². The maximum absolute atomic E-state index is 12.8. The zero-order valence-corrected chi connectivity index (χ0v) is 18.6. The molecule has 3 rings (SSSR count). The van der Waals surface area contributed by atoms with Gasteiger partial charge in [-0.1, -0.05) is 24.2 Å². The van der Waals surface area contributed by atoms with E-state index in [1.807, 2.05) is 0 Å². The number of esters is 1. The summed E-state index contributed by atoms with van der Waals surface area (Å²) >= 11 is 1.04. The van der Waals surface area contributed by atoms with Gasteiger partial charge in [0, 0.05) is 18.7 Å². The van der Waals surface area contributed by atoms with Gasteiger partial charge >= 0.3 is 5.97 Å². The van der Waals surface area contributed by atoms with Crippen LogP contribution in [0.3, 0.4) is 0 Å². The summed E-state index contributed by atoms with van der Waals surface area (Å²) in [6.45, 7) is 4.69. The molecular weight excluding hydrogens is 426 g/mol. The third-order valence-electron chi connectivity index (χ3n) is 4.80. The summed E-state index contributed by atoms with van der Waals surface area (Å²) < 4.78 is 32.2. The molecule has 0 saturated carbocycles. The molecule has 1 saturated heterocycles. The molecule has 1 aromatic heterocycles. The third-order valence-corrected chi connectivity index (χ3v) is 7.76. The molecule has 0 radical (unpaired) electrons. The van der Waals surface area contributed by atoms with Gasteiger partial charge in [0.05, 0.1) is 17.2 Å². The minimum Gasteiger partial charge on any atom is -0.462 e. The Morgan fingerprint density at radius 1 is 1.13 bits per heavy atom. The number of benzene rings is 1. The van der Waals surface area contributed by atoms with E-state index in [1.54, 1.807) is 13.8 Å². The van der Waals surface area contributed by atoms with Crippen molar-refractivity contribution in [1.82, 2.24) is 9.29 Å². The summed E-state index contributed by atoms with van der Waals surface area (Å²) in [7, 11) is -3.56. The van der Waals surface area contributed by atoms with Gasteiger partial charge in [0.2, 0.25) is 10.0 Å². The Morgan fingerprint density at radius 3 is 2.37 bits per heavy atom. The molecule has 1 N–H and O–H groups in total. The second-order valence-corrected chi connectivity index (χ2v) is 9.89. The van der Waals surface area contributed by atoms with Crippen LogP contribution in [0.4, 0.5) is 5.13 Å². The van der Waals surface area contributed by atoms with Crippen LogP contribution >= 0.6 is 11.3 Å². The highest BCUT2D eigenvalue weighted by Crippen LogP contribution is 2.25. The molecule has 30 heavy (non-hydrogen) atoms. The largest absolute Gasteiger partial charge is 0.462 e. The van der Waals surface area contributed by atoms with Crippen LogP contribution in [0, 0.1) is 6.92 Å². The Morgan fingerprint density at radius 2 is 1.77 bits per heavy atom. The molecule has 1 aromatic carbocycles. The number of thiazole rings is 1. The van der Waals surface area contributed by atoms with E-state index in [1.165, 1.54) is 28.6 Å². The van der Waals surface area contributed by atoms with E-state index in [0.29, 0.717) is 29.2 Å². The van der Waals surface area contributed by atoms with Crippen LogP contribution < -0.4 is 5.32 Å². The molecule has 1 aliphatic rings. The van der Waals surface area contributed by atoms with E-state index in [4.69, 9.17) is 4.74 Å². The molecule has 0 bridgehead atoms. The van der Waals surface area contributed by atoms with Crippen LogP contribution in [0.5, 0.6) is 0 Å². The number of aryl methyl sites for hydroxylation is 1. The van der Waals surface area contributed by atoms with E-state index < -0.39 is 21.9 Å². The summed E-state index contributed by atoms with van der Waals surface area (Å²) in [5, 5.41) is 2.93. The Kier molecular flexibility index (Phi) is 7.22. The number of ether oxygens (including phenoxy) is 1. The average Bonchev–Trinajstić information content (AvgIpc) is 2.92. The molecular formula is C20H25N3O5S2. The number of anilines is 1. The van der Waals surface area contributed by atoms with Gasteiger partial charge in [0.15, 0.2) is 5.13 Å². The lowest BCUT2D eigenvalue weighted by atomic mass is 10.2. The minimum absolute atomic E-state index is 0.177. The summed E-state index contributed by atoms with van der Waals surface area (Å²) in [4.78, 5) is 29.1. The van der Waals surface area contributed by atoms with Crippen molar-refractivity contribution in [1.29, 1.82) is 0 Å². The molecule has 10 heteroatoms. The quantitative estimate of drug-likeness (QED) is 0.675. The first-order chi connectivity index (χ1) is 14.3. The van der Waals surface area contributed by atoms with Gasteiger partial charge < -0.3 is 4.74 Å². The Bertz CT molecular complexity index is 1010. The van der Waals surface area contributed by atoms with Gasteiger partial charge in [-0.15, -0.1) is 0 Å². The molecule has 0 aliphatic carbocycles. The summed E-state index contributed by atoms with van der Waals surface area (Å²) in [6.07, 6.45) is 3.81. The highest BCUT2D eigenvalue weighted by molar-refractivity contribution is 7.89. The lowest BCUT2D eigenvalue weighted by molar-refractivity contribution is 0.0531. The predicted molar refractivity (Wildman–Crippen MR) is 114 cm³/mol. The van der Waals surface area contributed by atoms with Crippen molar-refractivity contribution in [3.8, 4) is 0 Å². The fourth-order valence-corrected chi connectivity index (χ4v) is 5.59. The first kappa shape index (κ1) is 22.4. The van der Waals surface area contributed by atoms with Crippen molar-refractivity contribution in [2.45, 2.75) is 44.4 Å². The van der Waals surface area contributed by atoms with Crippen molar-refractivity contribution >= 4 is 38.4 Å². The molecule has 2 heterocycles. The second kappa shape index (κ2) is 9.67. The zero-order chi connectivity index (χ0) is 21.7. The van der Waals surface area contributed by atoms with Crippen molar-refractivity contribution < 1.29 is 22.7 Å². The fourth-order valence-electron chi connectivity index (χ4n) is 3.21. The molecule has 1 fully saturated rings. The Hall–Kier alpha value is -2.30. The lowest BCUT2D eigenvalue weighted by Gasteiger charge is -2.20. The maximum atomic E-state index is 12.8. The number of nitrogens with one attached hydrogen (secondary N) is 1. The van der Waals surface area contributed by atoms with Crippen LogP contribution in [0.25, 0.3) is 0 Å². The number of aromatic nitrogens is 1. The fraction of sp³-hybridized carbons (Fsp3) is 0.450. The van der Waals surface area contributed by atoms with E-state index in [9.17, 15) is 18.0 Å². The molecule has 1 aliphatic heterocycles. The van der Waals surface area contributed by atoms with Crippen molar-refractivity contribution in [2.24, 2.45) is 0 Å². The number of amides is 1. The number of hydrogen-bond acceptors (Lipinski definition) is 7. The standard InChI is InChI=1S/C20H25N3O5S2/c1-3-28-19(25)17-14(2)21-20(29-17)22-18(24)15-8-10-16(11-9-15)30(26,27)23-12-6-4-5-7-13-23/h8-11H,3-7,12-13H2,1-2H3,(H,21,22,24). The minimum atomic E-state index is -3.56. The number of hydrogen-bond donors (Lipinski definition) is 1. The van der Waals surface area contributed by atoms with E-state index in [2.05, 4.69) is 10.3 Å². The highest BCUT2D eigenvalue weighted by Gasteiger charge is 2.25. The Labute approximate surface area is 180 Å². The smallest absolute Gasteiger partial charge is 0.350 e. The molecule has 1 amide bonds. The van der Waals surface area contributed by atoms with Crippen molar-refractivity contribution in [2.75, 3.05) is 25.0 Å². The van der Waals surface area contributed by atoms with Gasteiger partial charge in [-0.05, 0) is 51.0 Å². The predicted octanol–water partition coefficient (Wildman–Crippen LogP) is 3.45. The van der Waals surface area contributed by atoms with Crippen LogP contribution in [-0.4, -0.2) is 49.3 Å². The Balaban J connectivity index is 1.71. The zero-order valence-electron chi connectivity index (χ0n) is 17.0. The molecule has 8 nitrogen and oxygen atoms in total. The van der Waals surface area contributed by atoms with E-state index in [-0.39, 0.29) is 16.6 Å². The number of carbonyl (C=O) groups excluding carboxylic acids is 2. The van der Waals surface area contributed by atoms with Crippen LogP contribution in [-0.2, 0) is 14.8 Å². The van der Waals surface area contributed by atoms with Gasteiger partial charge in [0.1, 0.15) is 4.88 Å². The average molecular weight is 452 g/mol. The summed E-state index contributed by atoms with van der Waals surface area (Å²) in [5.74, 6) is -0.908. The molecule has 162 valence electrons. The highest BCUT2D eigenvalue weighted by atomic mass is 32.2. The number of nitrogens with zero attached hydrogens (tertiary/aromatic N) is 2. The first-order valence-electron chi connectivity index (χ1n) is 9.89. The summed E-state index contributed by atoms with van der Waals surface area (Å²) in [6, 6.07) is 5.86. The monoisotopic (exact) mass is 451 g/mol. The van der Waals surface area contributed by atoms with E-state index in [0.717, 1.165) is 37.0 Å². The van der Waals surface area contributed by atoms with Crippen LogP contribution in [0.15, 0.2) is 29.2 Å². The summed E-state index contributed by atoms with van der Waals surface area (Å²) in [5.41, 5.74) is 0.781. The molecule has 0 unspecified atom stereocenters. The number of rotatable bonds is 6. The van der Waals surface area contributed by atoms with Crippen LogP contribution in [0.1, 0.15) is 58.3 Å². The molecule has 0 atom stereocenters. The lowest BCUT2D eigenvalue weighted by Crippen LogP contribution is -2.31. The molecule has 0 spiro atoms. The van der Waals surface area contributed by atoms with Crippen LogP contribution in [0.2, 0.25) is 0 Å². The van der Waals surface area contributed by atoms with Crippen molar-refractivity contribution in [3.63, 3.8) is 0 Å². The number of sulfonamides is 1. The van der Waals surface area contributed by atoms with Crippen molar-refractivity contribution in [3.05, 3.63) is 40.4 Å². The van der Waals surface area contributed by atoms with Gasteiger partial charge in [-0.2, -0.15) is 4.31 Å².